The number of hydrogen-bond donors (Lipinski definition) is 3. The number of aliphatic hydroxyl groups excluding tert-OH is 2. The summed E-state index contributed by atoms with van der Waals surface area (Å²) < 4.78 is 19.8. The van der Waals surface area contributed by atoms with E-state index in [2.05, 4.69) is 46.6 Å². The Hall–Kier alpha value is -0.810. The molecule has 3 aliphatic heterocycles. The number of hydrogen-bond acceptors (Lipinski definition) is 8. The summed E-state index contributed by atoms with van der Waals surface area (Å²) in [5.74, 6) is 1.83. The van der Waals surface area contributed by atoms with Gasteiger partial charge in [0.2, 0.25) is 5.91 Å². The first-order valence-corrected chi connectivity index (χ1v) is 20.4. The van der Waals surface area contributed by atoms with Crippen LogP contribution in [-0.4, -0.2) is 113 Å². The van der Waals surface area contributed by atoms with E-state index in [9.17, 15) is 20.1 Å². The highest BCUT2D eigenvalue weighted by Gasteiger charge is 2.72. The van der Waals surface area contributed by atoms with E-state index in [0.717, 1.165) is 70.9 Å². The fourth-order valence-corrected chi connectivity index (χ4v) is 13.7. The van der Waals surface area contributed by atoms with Gasteiger partial charge in [-0.25, -0.2) is 0 Å². The number of carbonyl (C=O) groups is 1. The first-order valence-electron chi connectivity index (χ1n) is 20.4. The summed E-state index contributed by atoms with van der Waals surface area (Å²) in [6, 6.07) is 0. The maximum atomic E-state index is 13.5. The Balaban J connectivity index is 1.06. The van der Waals surface area contributed by atoms with Crippen LogP contribution in [-0.2, 0) is 19.0 Å². The van der Waals surface area contributed by atoms with Crippen LogP contribution in [0.5, 0.6) is 0 Å². The van der Waals surface area contributed by atoms with E-state index in [4.69, 9.17) is 14.2 Å². The smallest absolute Gasteiger partial charge is 0.226 e. The topological polar surface area (TPSA) is 112 Å². The lowest BCUT2D eigenvalue weighted by molar-refractivity contribution is -0.253. The average molecular weight is 703 g/mol. The van der Waals surface area contributed by atoms with Gasteiger partial charge in [0.25, 0.3) is 0 Å². The number of aliphatic hydroxyl groups is 3. The predicted octanol–water partition coefficient (Wildman–Crippen LogP) is 5.23. The Morgan fingerprint density at radius 3 is 2.42 bits per heavy atom. The Kier molecular flexibility index (Phi) is 9.90. The van der Waals surface area contributed by atoms with Crippen LogP contribution in [0.3, 0.4) is 0 Å². The van der Waals surface area contributed by atoms with Crippen LogP contribution < -0.4 is 0 Å². The SMILES string of the molecule is CC1CC(C(O)C(C)(C)O)OC2C1C1(C)CCCC34CCC(OC5CN(C(=O)C6CCN(C)CC6)CCO5)C(C)(C)C3CCC(C4)C1(C)C2O. The molecule has 0 aromatic carbocycles. The fraction of sp³-hybridized carbons (Fsp3) is 0.976. The monoisotopic (exact) mass is 703 g/mol. The summed E-state index contributed by atoms with van der Waals surface area (Å²) in [5.41, 5.74) is -1.43. The Morgan fingerprint density at radius 1 is 1.00 bits per heavy atom. The van der Waals surface area contributed by atoms with Gasteiger partial charge in [0.1, 0.15) is 6.10 Å². The molecule has 7 aliphatic rings. The number of fused-ring (bicyclic) bond motifs is 5. The lowest BCUT2D eigenvalue weighted by atomic mass is 9.41. The van der Waals surface area contributed by atoms with E-state index < -0.39 is 23.9 Å². The molecule has 0 aromatic heterocycles. The molecular formula is C41H70N2O7. The molecule has 13 atom stereocenters. The van der Waals surface area contributed by atoms with Crippen LogP contribution >= 0.6 is 0 Å². The molecule has 4 aliphatic carbocycles. The summed E-state index contributed by atoms with van der Waals surface area (Å²) in [6.07, 6.45) is 8.81. The second-order valence-electron chi connectivity index (χ2n) is 20.0. The molecule has 1 spiro atoms. The molecule has 1 amide bonds. The molecule has 2 bridgehead atoms. The molecule has 3 saturated heterocycles. The quantitative estimate of drug-likeness (QED) is 0.357. The average Bonchev–Trinajstić information content (AvgIpc) is 3.23. The van der Waals surface area contributed by atoms with E-state index in [1.54, 1.807) is 13.8 Å². The van der Waals surface area contributed by atoms with Crippen molar-refractivity contribution in [2.45, 2.75) is 162 Å². The zero-order valence-corrected chi connectivity index (χ0v) is 32.5. The summed E-state index contributed by atoms with van der Waals surface area (Å²) >= 11 is 0. The minimum Gasteiger partial charge on any atom is -0.390 e. The molecule has 7 rings (SSSR count). The van der Waals surface area contributed by atoms with Gasteiger partial charge in [-0.05, 0) is 138 Å². The Labute approximate surface area is 302 Å². The highest BCUT2D eigenvalue weighted by atomic mass is 16.7. The summed E-state index contributed by atoms with van der Waals surface area (Å²) in [6.45, 7) is 19.0. The normalized spacial score (nSPS) is 47.7. The van der Waals surface area contributed by atoms with E-state index in [1.807, 2.05) is 4.90 Å². The summed E-state index contributed by atoms with van der Waals surface area (Å²) in [5, 5.41) is 34.2. The van der Waals surface area contributed by atoms with Crippen LogP contribution in [0.4, 0.5) is 0 Å². The molecule has 7 fully saturated rings. The number of morpholine rings is 1. The molecule has 0 radical (unpaired) electrons. The predicted molar refractivity (Wildman–Crippen MR) is 192 cm³/mol. The van der Waals surface area contributed by atoms with E-state index in [0.29, 0.717) is 38.0 Å². The van der Waals surface area contributed by atoms with Crippen molar-refractivity contribution in [3.8, 4) is 0 Å². The second-order valence-corrected chi connectivity index (χ2v) is 20.0. The zero-order valence-electron chi connectivity index (χ0n) is 32.5. The van der Waals surface area contributed by atoms with E-state index in [-0.39, 0.29) is 63.8 Å². The van der Waals surface area contributed by atoms with E-state index in [1.165, 1.54) is 6.42 Å². The van der Waals surface area contributed by atoms with Crippen molar-refractivity contribution in [1.82, 2.24) is 9.80 Å². The van der Waals surface area contributed by atoms with Crippen molar-refractivity contribution >= 4 is 5.91 Å². The number of likely N-dealkylation sites (tertiary alicyclic amines) is 1. The van der Waals surface area contributed by atoms with Crippen molar-refractivity contribution in [1.29, 1.82) is 0 Å². The van der Waals surface area contributed by atoms with Gasteiger partial charge in [0.15, 0.2) is 6.29 Å². The molecule has 9 heteroatoms. The lowest BCUT2D eigenvalue weighted by Crippen LogP contribution is -2.60. The maximum absolute atomic E-state index is 13.5. The van der Waals surface area contributed by atoms with Crippen molar-refractivity contribution in [3.63, 3.8) is 0 Å². The summed E-state index contributed by atoms with van der Waals surface area (Å²) in [7, 11) is 2.14. The molecule has 0 aromatic rings. The van der Waals surface area contributed by atoms with Crippen LogP contribution in [0.1, 0.15) is 119 Å². The van der Waals surface area contributed by atoms with Gasteiger partial charge in [0, 0.05) is 17.9 Å². The van der Waals surface area contributed by atoms with Crippen molar-refractivity contribution in [2.24, 2.45) is 51.2 Å². The molecule has 13 unspecified atom stereocenters. The number of carbonyl (C=O) groups excluding carboxylic acids is 1. The van der Waals surface area contributed by atoms with Gasteiger partial charge in [-0.3, -0.25) is 4.79 Å². The third kappa shape index (κ3) is 5.94. The minimum absolute atomic E-state index is 0.0312. The summed E-state index contributed by atoms with van der Waals surface area (Å²) in [4.78, 5) is 17.8. The Bertz CT molecular complexity index is 1250. The number of piperidine rings is 1. The third-order valence-electron chi connectivity index (χ3n) is 16.6. The number of amides is 1. The third-order valence-corrected chi connectivity index (χ3v) is 16.6. The van der Waals surface area contributed by atoms with Crippen LogP contribution in [0.15, 0.2) is 0 Å². The van der Waals surface area contributed by atoms with Crippen molar-refractivity contribution in [3.05, 3.63) is 0 Å². The molecular weight excluding hydrogens is 632 g/mol. The maximum Gasteiger partial charge on any atom is 0.226 e. The van der Waals surface area contributed by atoms with Crippen molar-refractivity contribution in [2.75, 3.05) is 39.8 Å². The highest BCUT2D eigenvalue weighted by Crippen LogP contribution is 2.73. The fourth-order valence-electron chi connectivity index (χ4n) is 13.7. The highest BCUT2D eigenvalue weighted by molar-refractivity contribution is 5.79. The molecule has 4 saturated carbocycles. The number of nitrogens with zero attached hydrogens (tertiary/aromatic N) is 2. The van der Waals surface area contributed by atoms with Gasteiger partial charge in [-0.1, -0.05) is 41.0 Å². The standard InChI is InChI=1S/C41H70N2O7/c1-25-22-28(34(44)38(4,5)47)49-33-32(25)39(6)15-9-16-41-17-12-30(37(2,3)29(41)11-10-27(23-41)40(39,7)35(33)45)50-31-24-43(20-21-48-31)36(46)26-13-18-42(8)19-14-26/h25-35,44-45,47H,9-24H2,1-8H3. The van der Waals surface area contributed by atoms with Gasteiger partial charge >= 0.3 is 0 Å². The lowest BCUT2D eigenvalue weighted by Gasteiger charge is -2.64. The molecule has 9 nitrogen and oxygen atoms in total. The first-order chi connectivity index (χ1) is 23.4. The van der Waals surface area contributed by atoms with Crippen LogP contribution in [0.2, 0.25) is 0 Å². The van der Waals surface area contributed by atoms with E-state index >= 15 is 0 Å². The molecule has 3 heterocycles. The first kappa shape index (κ1) is 37.5. The zero-order chi connectivity index (χ0) is 36.0. The molecule has 3 N–H and O–H groups in total. The largest absolute Gasteiger partial charge is 0.390 e. The van der Waals surface area contributed by atoms with Crippen molar-refractivity contribution < 1.29 is 34.3 Å². The van der Waals surface area contributed by atoms with Gasteiger partial charge < -0.3 is 39.3 Å². The van der Waals surface area contributed by atoms with Gasteiger partial charge in [-0.15, -0.1) is 0 Å². The van der Waals surface area contributed by atoms with Gasteiger partial charge in [0.05, 0.1) is 43.2 Å². The van der Waals surface area contributed by atoms with Crippen LogP contribution in [0.25, 0.3) is 0 Å². The number of rotatable bonds is 5. The molecule has 286 valence electrons. The second kappa shape index (κ2) is 13.2. The van der Waals surface area contributed by atoms with Crippen LogP contribution in [0, 0.1) is 51.2 Å². The number of ether oxygens (including phenoxy) is 3. The molecule has 50 heavy (non-hydrogen) atoms. The van der Waals surface area contributed by atoms with Gasteiger partial charge in [-0.2, -0.15) is 0 Å². The minimum atomic E-state index is -1.26. The Morgan fingerprint density at radius 2 is 1.72 bits per heavy atom.